The number of fused-ring (bicyclic) bond motifs is 3. The SMILES string of the molecule is C=C[C@@]1(C)C[C@H]2CC[C@]3(C)C(=C)[C@H](O)CC[C@H]3[C@]2(C)C[C@@H]1O. The molecular weight excluding hydrogens is 272 g/mol. The molecule has 0 aliphatic heterocycles. The average Bonchev–Trinajstić information content (AvgIpc) is 2.46. The van der Waals surface area contributed by atoms with Crippen LogP contribution in [0, 0.1) is 28.1 Å². The van der Waals surface area contributed by atoms with Gasteiger partial charge in [0.15, 0.2) is 0 Å². The van der Waals surface area contributed by atoms with Crippen LogP contribution in [-0.4, -0.2) is 22.4 Å². The predicted octanol–water partition coefficient (Wildman–Crippen LogP) is 4.08. The molecule has 0 aromatic heterocycles. The van der Waals surface area contributed by atoms with Crippen LogP contribution in [0.3, 0.4) is 0 Å². The summed E-state index contributed by atoms with van der Waals surface area (Å²) in [5, 5.41) is 21.1. The topological polar surface area (TPSA) is 40.5 Å². The van der Waals surface area contributed by atoms with Gasteiger partial charge in [-0.1, -0.05) is 33.4 Å². The molecule has 0 aromatic rings. The molecule has 0 radical (unpaired) electrons. The monoisotopic (exact) mass is 304 g/mol. The van der Waals surface area contributed by atoms with E-state index in [4.69, 9.17) is 0 Å². The number of rotatable bonds is 1. The zero-order valence-corrected chi connectivity index (χ0v) is 14.4. The molecule has 0 saturated heterocycles. The molecule has 124 valence electrons. The van der Waals surface area contributed by atoms with Crippen molar-refractivity contribution in [3.05, 3.63) is 24.8 Å². The van der Waals surface area contributed by atoms with E-state index in [-0.39, 0.29) is 28.5 Å². The molecule has 2 heteroatoms. The van der Waals surface area contributed by atoms with Crippen LogP contribution in [0.2, 0.25) is 0 Å². The van der Waals surface area contributed by atoms with Crippen molar-refractivity contribution in [1.29, 1.82) is 0 Å². The predicted molar refractivity (Wildman–Crippen MR) is 90.4 cm³/mol. The third-order valence-corrected chi connectivity index (χ3v) is 7.92. The summed E-state index contributed by atoms with van der Waals surface area (Å²) in [6, 6.07) is 0. The van der Waals surface area contributed by atoms with Crippen molar-refractivity contribution >= 4 is 0 Å². The Morgan fingerprint density at radius 1 is 1.09 bits per heavy atom. The van der Waals surface area contributed by atoms with E-state index in [2.05, 4.69) is 33.9 Å². The lowest BCUT2D eigenvalue weighted by Gasteiger charge is -2.64. The van der Waals surface area contributed by atoms with Crippen LogP contribution in [-0.2, 0) is 0 Å². The standard InChI is InChI=1S/C20H32O2/c1-6-18(3)11-14-9-10-19(4)13(2)15(21)7-8-16(19)20(14,5)12-17(18)22/h6,14-17,21-22H,1-2,7-12H2,3-5H3/t14-,15-,16-,17+,18+,19-,20-/m1/s1. The molecule has 7 atom stereocenters. The maximum atomic E-state index is 10.8. The van der Waals surface area contributed by atoms with Crippen molar-refractivity contribution in [1.82, 2.24) is 0 Å². The summed E-state index contributed by atoms with van der Waals surface area (Å²) in [7, 11) is 0. The Balaban J connectivity index is 1.96. The smallest absolute Gasteiger partial charge is 0.0753 e. The van der Waals surface area contributed by atoms with Crippen molar-refractivity contribution in [2.75, 3.05) is 0 Å². The van der Waals surface area contributed by atoms with Crippen LogP contribution < -0.4 is 0 Å². The highest BCUT2D eigenvalue weighted by molar-refractivity contribution is 5.24. The van der Waals surface area contributed by atoms with Gasteiger partial charge in [-0.15, -0.1) is 6.58 Å². The van der Waals surface area contributed by atoms with Gasteiger partial charge in [-0.25, -0.2) is 0 Å². The highest BCUT2D eigenvalue weighted by atomic mass is 16.3. The van der Waals surface area contributed by atoms with Gasteiger partial charge >= 0.3 is 0 Å². The molecule has 3 aliphatic carbocycles. The first-order valence-electron chi connectivity index (χ1n) is 8.86. The molecule has 0 heterocycles. The molecule has 3 saturated carbocycles. The van der Waals surface area contributed by atoms with Crippen LogP contribution in [0.1, 0.15) is 59.3 Å². The van der Waals surface area contributed by atoms with E-state index in [0.29, 0.717) is 11.8 Å². The van der Waals surface area contributed by atoms with Gasteiger partial charge in [0.1, 0.15) is 0 Å². The maximum Gasteiger partial charge on any atom is 0.0753 e. The zero-order chi connectivity index (χ0) is 16.3. The fourth-order valence-electron chi connectivity index (χ4n) is 6.08. The summed E-state index contributed by atoms with van der Waals surface area (Å²) in [6.07, 6.45) is 7.39. The lowest BCUT2D eigenvalue weighted by atomic mass is 9.41. The average molecular weight is 304 g/mol. The Hall–Kier alpha value is -0.600. The fourth-order valence-corrected chi connectivity index (χ4v) is 6.08. The molecule has 2 N–H and O–H groups in total. The molecule has 0 bridgehead atoms. The van der Waals surface area contributed by atoms with Crippen LogP contribution in [0.25, 0.3) is 0 Å². The summed E-state index contributed by atoms with van der Waals surface area (Å²) in [4.78, 5) is 0. The molecule has 22 heavy (non-hydrogen) atoms. The van der Waals surface area contributed by atoms with Gasteiger partial charge < -0.3 is 10.2 Å². The van der Waals surface area contributed by atoms with E-state index in [9.17, 15) is 10.2 Å². The number of aliphatic hydroxyl groups is 2. The van der Waals surface area contributed by atoms with E-state index >= 15 is 0 Å². The number of aliphatic hydroxyl groups excluding tert-OH is 2. The quantitative estimate of drug-likeness (QED) is 0.717. The summed E-state index contributed by atoms with van der Waals surface area (Å²) < 4.78 is 0. The van der Waals surface area contributed by atoms with Gasteiger partial charge in [-0.2, -0.15) is 0 Å². The zero-order valence-electron chi connectivity index (χ0n) is 14.4. The minimum atomic E-state index is -0.339. The van der Waals surface area contributed by atoms with Crippen LogP contribution in [0.4, 0.5) is 0 Å². The molecule has 3 fully saturated rings. The number of hydrogen-bond acceptors (Lipinski definition) is 2. The summed E-state index contributed by atoms with van der Waals surface area (Å²) in [6.45, 7) is 15.1. The van der Waals surface area contributed by atoms with Crippen molar-refractivity contribution in [2.24, 2.45) is 28.1 Å². The van der Waals surface area contributed by atoms with Crippen molar-refractivity contribution in [2.45, 2.75) is 71.5 Å². The minimum absolute atomic E-state index is 0.0323. The lowest BCUT2D eigenvalue weighted by molar-refractivity contribution is -0.148. The second kappa shape index (κ2) is 4.95. The van der Waals surface area contributed by atoms with Crippen LogP contribution in [0.5, 0.6) is 0 Å². The fraction of sp³-hybridized carbons (Fsp3) is 0.800. The first kappa shape index (κ1) is 16.3. The van der Waals surface area contributed by atoms with Crippen molar-refractivity contribution in [3.8, 4) is 0 Å². The Bertz CT molecular complexity index is 498. The molecule has 0 aromatic carbocycles. The molecule has 2 nitrogen and oxygen atoms in total. The van der Waals surface area contributed by atoms with Gasteiger partial charge in [0.05, 0.1) is 12.2 Å². The second-order valence-corrected chi connectivity index (χ2v) is 8.96. The Kier molecular flexibility index (Phi) is 3.66. The Labute approximate surface area is 135 Å². The lowest BCUT2D eigenvalue weighted by Crippen LogP contribution is -2.58. The first-order valence-corrected chi connectivity index (χ1v) is 8.86. The summed E-state index contributed by atoms with van der Waals surface area (Å²) in [5.41, 5.74) is 1.07. The molecular formula is C20H32O2. The third kappa shape index (κ3) is 1.99. The van der Waals surface area contributed by atoms with Crippen molar-refractivity contribution in [3.63, 3.8) is 0 Å². The minimum Gasteiger partial charge on any atom is -0.392 e. The van der Waals surface area contributed by atoms with Gasteiger partial charge in [0, 0.05) is 5.41 Å². The molecule has 0 amide bonds. The third-order valence-electron chi connectivity index (χ3n) is 7.92. The summed E-state index contributed by atoms with van der Waals surface area (Å²) >= 11 is 0. The van der Waals surface area contributed by atoms with E-state index in [1.165, 1.54) is 6.42 Å². The van der Waals surface area contributed by atoms with Gasteiger partial charge in [0.25, 0.3) is 0 Å². The molecule has 0 unspecified atom stereocenters. The van der Waals surface area contributed by atoms with E-state index in [0.717, 1.165) is 37.7 Å². The summed E-state index contributed by atoms with van der Waals surface area (Å²) in [5.74, 6) is 1.17. The molecule has 3 aliphatic rings. The van der Waals surface area contributed by atoms with Crippen LogP contribution in [0.15, 0.2) is 24.8 Å². The van der Waals surface area contributed by atoms with E-state index < -0.39 is 0 Å². The second-order valence-electron chi connectivity index (χ2n) is 8.96. The van der Waals surface area contributed by atoms with Gasteiger partial charge in [-0.05, 0) is 66.8 Å². The number of hydrogen-bond donors (Lipinski definition) is 2. The molecule has 0 spiro atoms. The highest BCUT2D eigenvalue weighted by Crippen LogP contribution is 2.66. The maximum absolute atomic E-state index is 10.8. The van der Waals surface area contributed by atoms with Gasteiger partial charge in [-0.3, -0.25) is 0 Å². The molecule has 3 rings (SSSR count). The highest BCUT2D eigenvalue weighted by Gasteiger charge is 2.60. The van der Waals surface area contributed by atoms with Crippen LogP contribution >= 0.6 is 0 Å². The van der Waals surface area contributed by atoms with Crippen molar-refractivity contribution < 1.29 is 10.2 Å². The first-order chi connectivity index (χ1) is 10.2. The van der Waals surface area contributed by atoms with Gasteiger partial charge in [0.2, 0.25) is 0 Å². The Morgan fingerprint density at radius 3 is 2.41 bits per heavy atom. The Morgan fingerprint density at radius 2 is 1.77 bits per heavy atom. The normalized spacial score (nSPS) is 55.2. The van der Waals surface area contributed by atoms with E-state index in [1.54, 1.807) is 0 Å². The van der Waals surface area contributed by atoms with E-state index in [1.807, 2.05) is 6.08 Å². The largest absolute Gasteiger partial charge is 0.392 e.